The predicted molar refractivity (Wildman–Crippen MR) is 78.0 cm³/mol. The maximum absolute atomic E-state index is 13.5. The van der Waals surface area contributed by atoms with Gasteiger partial charge in [-0.25, -0.2) is 22.5 Å². The second kappa shape index (κ2) is 4.85. The quantitative estimate of drug-likeness (QED) is 0.781. The molecule has 5 nitrogen and oxygen atoms in total. The van der Waals surface area contributed by atoms with Crippen LogP contribution >= 0.6 is 0 Å². The van der Waals surface area contributed by atoms with Crippen LogP contribution in [0.1, 0.15) is 5.56 Å². The summed E-state index contributed by atoms with van der Waals surface area (Å²) in [6, 6.07) is 10.9. The standard InChI is InChI=1S/C14H12FN3O2S/c1-9-6-7-10(8-11(9)15)21(19,20)18-14-16-12-4-2-3-5-13(12)17-14/h2-8H,1H3,(H2,16,17,18). The number of imidazole rings is 1. The molecule has 0 amide bonds. The van der Waals surface area contributed by atoms with Gasteiger partial charge in [0.15, 0.2) is 0 Å². The van der Waals surface area contributed by atoms with Crippen LogP contribution in [-0.2, 0) is 10.0 Å². The third kappa shape index (κ3) is 2.59. The SMILES string of the molecule is Cc1ccc(S(=O)(=O)Nc2nc3ccccc3[nH]2)cc1F. The van der Waals surface area contributed by atoms with Crippen molar-refractivity contribution in [3.8, 4) is 0 Å². The lowest BCUT2D eigenvalue weighted by atomic mass is 10.2. The molecule has 0 aliphatic heterocycles. The number of aromatic amines is 1. The van der Waals surface area contributed by atoms with Crippen LogP contribution in [-0.4, -0.2) is 18.4 Å². The van der Waals surface area contributed by atoms with Crippen molar-refractivity contribution in [3.63, 3.8) is 0 Å². The highest BCUT2D eigenvalue weighted by atomic mass is 32.2. The first-order valence-corrected chi connectivity index (χ1v) is 7.68. The lowest BCUT2D eigenvalue weighted by molar-refractivity contribution is 0.593. The number of para-hydroxylation sites is 2. The highest BCUT2D eigenvalue weighted by Gasteiger charge is 2.17. The number of rotatable bonds is 3. The van der Waals surface area contributed by atoms with E-state index in [0.29, 0.717) is 16.6 Å². The van der Waals surface area contributed by atoms with E-state index in [9.17, 15) is 12.8 Å². The number of nitrogens with one attached hydrogen (secondary N) is 2. The number of fused-ring (bicyclic) bond motifs is 1. The minimum atomic E-state index is -3.88. The Balaban J connectivity index is 1.96. The Morgan fingerprint density at radius 1 is 1.19 bits per heavy atom. The molecule has 0 fully saturated rings. The fourth-order valence-electron chi connectivity index (χ4n) is 1.93. The average Bonchev–Trinajstić information content (AvgIpc) is 2.82. The summed E-state index contributed by atoms with van der Waals surface area (Å²) in [5, 5.41) is 0. The van der Waals surface area contributed by atoms with Crippen LogP contribution in [0.15, 0.2) is 47.4 Å². The summed E-state index contributed by atoms with van der Waals surface area (Å²) in [7, 11) is -3.88. The predicted octanol–water partition coefficient (Wildman–Crippen LogP) is 2.81. The summed E-state index contributed by atoms with van der Waals surface area (Å²) >= 11 is 0. The molecule has 108 valence electrons. The largest absolute Gasteiger partial charge is 0.323 e. The summed E-state index contributed by atoms with van der Waals surface area (Å²) in [4.78, 5) is 6.83. The number of hydrogen-bond donors (Lipinski definition) is 2. The van der Waals surface area contributed by atoms with Gasteiger partial charge < -0.3 is 4.98 Å². The Hall–Kier alpha value is -2.41. The lowest BCUT2D eigenvalue weighted by Gasteiger charge is -2.06. The van der Waals surface area contributed by atoms with Gasteiger partial charge in [0.1, 0.15) is 5.82 Å². The molecule has 0 spiro atoms. The maximum Gasteiger partial charge on any atom is 0.264 e. The molecule has 2 N–H and O–H groups in total. The molecule has 2 aromatic carbocycles. The van der Waals surface area contributed by atoms with E-state index in [1.54, 1.807) is 25.1 Å². The number of H-pyrrole nitrogens is 1. The van der Waals surface area contributed by atoms with E-state index in [2.05, 4.69) is 14.7 Å². The highest BCUT2D eigenvalue weighted by molar-refractivity contribution is 7.92. The van der Waals surface area contributed by atoms with Crippen molar-refractivity contribution in [2.24, 2.45) is 0 Å². The van der Waals surface area contributed by atoms with Crippen molar-refractivity contribution >= 4 is 27.0 Å². The molecule has 1 aromatic heterocycles. The molecule has 3 aromatic rings. The molecule has 0 radical (unpaired) electrons. The van der Waals surface area contributed by atoms with Crippen LogP contribution in [0.5, 0.6) is 0 Å². The fourth-order valence-corrected chi connectivity index (χ4v) is 2.90. The normalized spacial score (nSPS) is 11.7. The van der Waals surface area contributed by atoms with E-state index in [0.717, 1.165) is 6.07 Å². The van der Waals surface area contributed by atoms with E-state index in [1.165, 1.54) is 12.1 Å². The topological polar surface area (TPSA) is 74.8 Å². The first kappa shape index (κ1) is 13.6. The number of nitrogens with zero attached hydrogens (tertiary/aromatic N) is 1. The van der Waals surface area contributed by atoms with Gasteiger partial charge in [-0.1, -0.05) is 18.2 Å². The zero-order valence-corrected chi connectivity index (χ0v) is 11.9. The molecule has 0 unspecified atom stereocenters. The summed E-state index contributed by atoms with van der Waals surface area (Å²) in [5.41, 5.74) is 1.74. The molecule has 0 atom stereocenters. The minimum Gasteiger partial charge on any atom is -0.323 e. The summed E-state index contributed by atoms with van der Waals surface area (Å²) in [6.07, 6.45) is 0. The molecule has 21 heavy (non-hydrogen) atoms. The molecule has 1 heterocycles. The Morgan fingerprint density at radius 2 is 1.95 bits per heavy atom. The van der Waals surface area contributed by atoms with Gasteiger partial charge in [0, 0.05) is 0 Å². The van der Waals surface area contributed by atoms with Crippen molar-refractivity contribution in [2.45, 2.75) is 11.8 Å². The first-order valence-electron chi connectivity index (χ1n) is 6.19. The van der Waals surface area contributed by atoms with Crippen molar-refractivity contribution in [3.05, 3.63) is 53.8 Å². The first-order chi connectivity index (χ1) is 9.95. The average molecular weight is 305 g/mol. The van der Waals surface area contributed by atoms with Gasteiger partial charge in [-0.3, -0.25) is 0 Å². The summed E-state index contributed by atoms with van der Waals surface area (Å²) in [6.45, 7) is 1.57. The molecule has 0 aliphatic carbocycles. The smallest absolute Gasteiger partial charge is 0.264 e. The molecule has 0 bridgehead atoms. The zero-order valence-electron chi connectivity index (χ0n) is 11.1. The number of sulfonamides is 1. The molecular weight excluding hydrogens is 293 g/mol. The number of aromatic nitrogens is 2. The van der Waals surface area contributed by atoms with Crippen LogP contribution in [0.3, 0.4) is 0 Å². The Kier molecular flexibility index (Phi) is 3.13. The lowest BCUT2D eigenvalue weighted by Crippen LogP contribution is -2.14. The zero-order chi connectivity index (χ0) is 15.0. The number of benzene rings is 2. The number of anilines is 1. The van der Waals surface area contributed by atoms with E-state index in [4.69, 9.17) is 0 Å². The van der Waals surface area contributed by atoms with Crippen molar-refractivity contribution in [2.75, 3.05) is 4.72 Å². The Bertz CT molecular complexity index is 886. The van der Waals surface area contributed by atoms with E-state index >= 15 is 0 Å². The summed E-state index contributed by atoms with van der Waals surface area (Å²) < 4.78 is 40.2. The van der Waals surface area contributed by atoms with Crippen molar-refractivity contribution in [1.82, 2.24) is 9.97 Å². The molecule has 0 saturated carbocycles. The second-order valence-corrected chi connectivity index (χ2v) is 6.30. The minimum absolute atomic E-state index is 0.0946. The summed E-state index contributed by atoms with van der Waals surface area (Å²) in [5.74, 6) is -0.473. The van der Waals surface area contributed by atoms with Crippen LogP contribution in [0, 0.1) is 12.7 Å². The molecule has 3 rings (SSSR count). The van der Waals surface area contributed by atoms with E-state index < -0.39 is 15.8 Å². The third-order valence-electron chi connectivity index (χ3n) is 3.07. The Morgan fingerprint density at radius 3 is 2.67 bits per heavy atom. The van der Waals surface area contributed by atoms with Crippen LogP contribution in [0.4, 0.5) is 10.3 Å². The molecular formula is C14H12FN3O2S. The molecule has 7 heteroatoms. The number of halogens is 1. The Labute approximate surface area is 120 Å². The third-order valence-corrected chi connectivity index (χ3v) is 4.41. The highest BCUT2D eigenvalue weighted by Crippen LogP contribution is 2.19. The number of aryl methyl sites for hydroxylation is 1. The molecule has 0 saturated heterocycles. The van der Waals surface area contributed by atoms with Gasteiger partial charge in [0.2, 0.25) is 5.95 Å². The van der Waals surface area contributed by atoms with Gasteiger partial charge in [-0.15, -0.1) is 0 Å². The monoisotopic (exact) mass is 305 g/mol. The van der Waals surface area contributed by atoms with Gasteiger partial charge >= 0.3 is 0 Å². The molecule has 0 aliphatic rings. The van der Waals surface area contributed by atoms with Gasteiger partial charge in [0.25, 0.3) is 10.0 Å². The van der Waals surface area contributed by atoms with Gasteiger partial charge in [0.05, 0.1) is 15.9 Å². The van der Waals surface area contributed by atoms with E-state index in [-0.39, 0.29) is 10.8 Å². The van der Waals surface area contributed by atoms with Crippen LogP contribution < -0.4 is 4.72 Å². The van der Waals surface area contributed by atoms with Crippen LogP contribution in [0.2, 0.25) is 0 Å². The van der Waals surface area contributed by atoms with Gasteiger partial charge in [-0.05, 0) is 36.8 Å². The van der Waals surface area contributed by atoms with Crippen LogP contribution in [0.25, 0.3) is 11.0 Å². The second-order valence-electron chi connectivity index (χ2n) is 4.62. The van der Waals surface area contributed by atoms with Crippen molar-refractivity contribution in [1.29, 1.82) is 0 Å². The fraction of sp³-hybridized carbons (Fsp3) is 0.0714. The van der Waals surface area contributed by atoms with Gasteiger partial charge in [-0.2, -0.15) is 0 Å². The number of hydrogen-bond acceptors (Lipinski definition) is 3. The maximum atomic E-state index is 13.5. The van der Waals surface area contributed by atoms with E-state index in [1.807, 2.05) is 6.07 Å². The van der Waals surface area contributed by atoms with Crippen molar-refractivity contribution < 1.29 is 12.8 Å².